The molecular formula is C11H15ClFNO. The minimum atomic E-state index is -0.328. The highest BCUT2D eigenvalue weighted by Gasteiger charge is 2.08. The average molecular weight is 232 g/mol. The van der Waals surface area contributed by atoms with E-state index < -0.39 is 0 Å². The fourth-order valence-corrected chi connectivity index (χ4v) is 1.51. The summed E-state index contributed by atoms with van der Waals surface area (Å²) < 4.78 is 17.8. The van der Waals surface area contributed by atoms with Gasteiger partial charge in [0.25, 0.3) is 0 Å². The first kappa shape index (κ1) is 12.3. The highest BCUT2D eigenvalue weighted by Crippen LogP contribution is 2.23. The standard InChI is InChI=1S/C11H15ClFNO/c1-3-9(7-15-2)14-11-5-4-8(13)6-10(11)12/h4-6,9,14H,3,7H2,1-2H3. The van der Waals surface area contributed by atoms with E-state index in [1.54, 1.807) is 13.2 Å². The Balaban J connectivity index is 2.70. The van der Waals surface area contributed by atoms with Crippen molar-refractivity contribution in [2.45, 2.75) is 19.4 Å². The van der Waals surface area contributed by atoms with E-state index >= 15 is 0 Å². The van der Waals surface area contributed by atoms with Crippen molar-refractivity contribution in [3.63, 3.8) is 0 Å². The van der Waals surface area contributed by atoms with E-state index in [9.17, 15) is 4.39 Å². The summed E-state index contributed by atoms with van der Waals surface area (Å²) in [6, 6.07) is 4.51. The first-order chi connectivity index (χ1) is 7.17. The van der Waals surface area contributed by atoms with Crippen LogP contribution < -0.4 is 5.32 Å². The molecule has 0 bridgehead atoms. The number of hydrogen-bond donors (Lipinski definition) is 1. The molecule has 1 unspecified atom stereocenters. The highest BCUT2D eigenvalue weighted by molar-refractivity contribution is 6.33. The minimum Gasteiger partial charge on any atom is -0.383 e. The third-order valence-corrected chi connectivity index (χ3v) is 2.46. The third kappa shape index (κ3) is 3.68. The van der Waals surface area contributed by atoms with Crippen LogP contribution in [0.15, 0.2) is 18.2 Å². The average Bonchev–Trinajstić information content (AvgIpc) is 2.21. The van der Waals surface area contributed by atoms with Crippen molar-refractivity contribution < 1.29 is 9.13 Å². The molecular weight excluding hydrogens is 217 g/mol. The summed E-state index contributed by atoms with van der Waals surface area (Å²) in [5, 5.41) is 3.59. The summed E-state index contributed by atoms with van der Waals surface area (Å²) in [6.07, 6.45) is 0.918. The summed E-state index contributed by atoms with van der Waals surface area (Å²) in [4.78, 5) is 0. The summed E-state index contributed by atoms with van der Waals surface area (Å²) in [7, 11) is 1.65. The molecule has 1 aromatic rings. The zero-order valence-electron chi connectivity index (χ0n) is 8.89. The monoisotopic (exact) mass is 231 g/mol. The lowest BCUT2D eigenvalue weighted by atomic mass is 10.2. The number of rotatable bonds is 5. The van der Waals surface area contributed by atoms with Gasteiger partial charge in [-0.1, -0.05) is 18.5 Å². The summed E-state index contributed by atoms with van der Waals surface area (Å²) in [6.45, 7) is 2.65. The van der Waals surface area contributed by atoms with E-state index in [1.165, 1.54) is 12.1 Å². The molecule has 0 aliphatic heterocycles. The number of halogens is 2. The smallest absolute Gasteiger partial charge is 0.124 e. The Labute approximate surface area is 94.4 Å². The molecule has 0 aliphatic rings. The van der Waals surface area contributed by atoms with Gasteiger partial charge in [-0.2, -0.15) is 0 Å². The Bertz CT molecular complexity index is 319. The van der Waals surface area contributed by atoms with Crippen molar-refractivity contribution >= 4 is 17.3 Å². The van der Waals surface area contributed by atoms with Gasteiger partial charge in [-0.05, 0) is 24.6 Å². The van der Waals surface area contributed by atoms with E-state index in [0.29, 0.717) is 11.6 Å². The number of methoxy groups -OCH3 is 1. The molecule has 0 radical (unpaired) electrons. The van der Waals surface area contributed by atoms with E-state index in [2.05, 4.69) is 5.32 Å². The Morgan fingerprint density at radius 1 is 1.53 bits per heavy atom. The van der Waals surface area contributed by atoms with Gasteiger partial charge < -0.3 is 10.1 Å². The maximum absolute atomic E-state index is 12.8. The Morgan fingerprint density at radius 3 is 2.80 bits per heavy atom. The number of anilines is 1. The van der Waals surface area contributed by atoms with Crippen molar-refractivity contribution in [3.8, 4) is 0 Å². The van der Waals surface area contributed by atoms with Gasteiger partial charge in [0.05, 0.1) is 17.3 Å². The van der Waals surface area contributed by atoms with Crippen LogP contribution in [-0.4, -0.2) is 19.8 Å². The SMILES string of the molecule is CCC(COC)Nc1ccc(F)cc1Cl. The molecule has 4 heteroatoms. The molecule has 2 nitrogen and oxygen atoms in total. The van der Waals surface area contributed by atoms with Gasteiger partial charge in [0.2, 0.25) is 0 Å². The maximum Gasteiger partial charge on any atom is 0.124 e. The zero-order chi connectivity index (χ0) is 11.3. The van der Waals surface area contributed by atoms with Gasteiger partial charge in [-0.25, -0.2) is 4.39 Å². The lowest BCUT2D eigenvalue weighted by Crippen LogP contribution is -2.24. The maximum atomic E-state index is 12.8. The van der Waals surface area contributed by atoms with E-state index in [4.69, 9.17) is 16.3 Å². The van der Waals surface area contributed by atoms with Crippen molar-refractivity contribution in [2.24, 2.45) is 0 Å². The number of nitrogens with one attached hydrogen (secondary N) is 1. The number of ether oxygens (including phenoxy) is 1. The van der Waals surface area contributed by atoms with Crippen LogP contribution >= 0.6 is 11.6 Å². The van der Waals surface area contributed by atoms with Crippen molar-refractivity contribution in [2.75, 3.05) is 19.0 Å². The molecule has 84 valence electrons. The lowest BCUT2D eigenvalue weighted by molar-refractivity contribution is 0.184. The Hall–Kier alpha value is -0.800. The van der Waals surface area contributed by atoms with E-state index in [-0.39, 0.29) is 11.9 Å². The quantitative estimate of drug-likeness (QED) is 0.840. The molecule has 0 amide bonds. The van der Waals surface area contributed by atoms with Crippen LogP contribution in [0.25, 0.3) is 0 Å². The molecule has 0 saturated carbocycles. The molecule has 0 saturated heterocycles. The van der Waals surface area contributed by atoms with Crippen LogP contribution in [0.5, 0.6) is 0 Å². The van der Waals surface area contributed by atoms with Gasteiger partial charge >= 0.3 is 0 Å². The van der Waals surface area contributed by atoms with Crippen molar-refractivity contribution in [1.82, 2.24) is 0 Å². The van der Waals surface area contributed by atoms with E-state index in [0.717, 1.165) is 12.1 Å². The van der Waals surface area contributed by atoms with Crippen molar-refractivity contribution in [3.05, 3.63) is 29.0 Å². The second kappa shape index (κ2) is 5.93. The summed E-state index contributed by atoms with van der Waals surface area (Å²) in [5.41, 5.74) is 0.738. The molecule has 0 fully saturated rings. The molecule has 15 heavy (non-hydrogen) atoms. The molecule has 1 aromatic carbocycles. The largest absolute Gasteiger partial charge is 0.383 e. The topological polar surface area (TPSA) is 21.3 Å². The normalized spacial score (nSPS) is 12.5. The van der Waals surface area contributed by atoms with Crippen LogP contribution in [0.4, 0.5) is 10.1 Å². The molecule has 1 rings (SSSR count). The summed E-state index contributed by atoms with van der Waals surface area (Å²) in [5.74, 6) is -0.328. The fraction of sp³-hybridized carbons (Fsp3) is 0.455. The summed E-state index contributed by atoms with van der Waals surface area (Å²) >= 11 is 5.89. The molecule has 0 aromatic heterocycles. The number of benzene rings is 1. The molecule has 1 atom stereocenters. The van der Waals surface area contributed by atoms with Crippen LogP contribution in [0.1, 0.15) is 13.3 Å². The lowest BCUT2D eigenvalue weighted by Gasteiger charge is -2.18. The van der Waals surface area contributed by atoms with Gasteiger partial charge in [-0.3, -0.25) is 0 Å². The zero-order valence-corrected chi connectivity index (χ0v) is 9.64. The highest BCUT2D eigenvalue weighted by atomic mass is 35.5. The minimum absolute atomic E-state index is 0.193. The molecule has 0 spiro atoms. The first-order valence-corrected chi connectivity index (χ1v) is 5.25. The number of hydrogen-bond acceptors (Lipinski definition) is 2. The van der Waals surface area contributed by atoms with Gasteiger partial charge in [-0.15, -0.1) is 0 Å². The first-order valence-electron chi connectivity index (χ1n) is 4.88. The second-order valence-corrected chi connectivity index (χ2v) is 3.74. The predicted octanol–water partition coefficient (Wildman–Crippen LogP) is 3.32. The molecule has 1 N–H and O–H groups in total. The second-order valence-electron chi connectivity index (χ2n) is 3.33. The Morgan fingerprint density at radius 2 is 2.27 bits per heavy atom. The predicted molar refractivity (Wildman–Crippen MR) is 61.0 cm³/mol. The van der Waals surface area contributed by atoms with E-state index in [1.807, 2.05) is 6.92 Å². The van der Waals surface area contributed by atoms with Crippen LogP contribution in [0.3, 0.4) is 0 Å². The molecule has 0 aliphatic carbocycles. The van der Waals surface area contributed by atoms with Gasteiger partial charge in [0.1, 0.15) is 5.82 Å². The van der Waals surface area contributed by atoms with Crippen LogP contribution in [-0.2, 0) is 4.74 Å². The van der Waals surface area contributed by atoms with Gasteiger partial charge in [0, 0.05) is 13.2 Å². The van der Waals surface area contributed by atoms with Crippen LogP contribution in [0.2, 0.25) is 5.02 Å². The van der Waals surface area contributed by atoms with Gasteiger partial charge in [0.15, 0.2) is 0 Å². The van der Waals surface area contributed by atoms with Crippen LogP contribution in [0, 0.1) is 5.82 Å². The third-order valence-electron chi connectivity index (χ3n) is 2.15. The fourth-order valence-electron chi connectivity index (χ4n) is 1.29. The Kier molecular flexibility index (Phi) is 4.85. The molecule has 0 heterocycles. The van der Waals surface area contributed by atoms with Crippen molar-refractivity contribution in [1.29, 1.82) is 0 Å².